The van der Waals surface area contributed by atoms with Gasteiger partial charge in [-0.25, -0.2) is 0 Å². The van der Waals surface area contributed by atoms with Gasteiger partial charge in [-0.1, -0.05) is 30.3 Å². The van der Waals surface area contributed by atoms with Crippen molar-refractivity contribution < 1.29 is 9.53 Å². The lowest BCUT2D eigenvalue weighted by atomic mass is 9.88. The predicted molar refractivity (Wildman–Crippen MR) is 111 cm³/mol. The van der Waals surface area contributed by atoms with Gasteiger partial charge in [-0.05, 0) is 56.8 Å². The normalized spacial score (nSPS) is 28.0. The molecule has 1 amide bonds. The van der Waals surface area contributed by atoms with Crippen LogP contribution in [0.4, 0.5) is 0 Å². The average molecular weight is 386 g/mol. The van der Waals surface area contributed by atoms with Crippen molar-refractivity contribution >= 4 is 5.91 Å². The molecule has 0 saturated carbocycles. The van der Waals surface area contributed by atoms with Gasteiger partial charge in [0.15, 0.2) is 0 Å². The van der Waals surface area contributed by atoms with Gasteiger partial charge in [0, 0.05) is 33.1 Å². The number of amides is 1. The minimum absolute atomic E-state index is 0.129. The molecular formula is C23H35N3O2. The first-order valence-electron chi connectivity index (χ1n) is 11.0. The van der Waals surface area contributed by atoms with Gasteiger partial charge in [-0.3, -0.25) is 9.69 Å². The number of piperidine rings is 2. The van der Waals surface area contributed by atoms with E-state index in [0.29, 0.717) is 6.61 Å². The molecular weight excluding hydrogens is 350 g/mol. The molecule has 0 radical (unpaired) electrons. The van der Waals surface area contributed by atoms with Crippen molar-refractivity contribution in [2.75, 3.05) is 52.4 Å². The summed E-state index contributed by atoms with van der Waals surface area (Å²) in [6.45, 7) is 10.7. The second-order valence-corrected chi connectivity index (χ2v) is 9.02. The van der Waals surface area contributed by atoms with E-state index in [0.717, 1.165) is 38.5 Å². The fourth-order valence-electron chi connectivity index (χ4n) is 5.24. The predicted octanol–water partition coefficient (Wildman–Crippen LogP) is 2.61. The first-order valence-corrected chi connectivity index (χ1v) is 11.0. The third-order valence-corrected chi connectivity index (χ3v) is 6.78. The first kappa shape index (κ1) is 19.9. The summed E-state index contributed by atoms with van der Waals surface area (Å²) < 4.78 is 6.25. The Balaban J connectivity index is 1.25. The van der Waals surface area contributed by atoms with Crippen molar-refractivity contribution in [1.29, 1.82) is 0 Å². The van der Waals surface area contributed by atoms with Crippen molar-refractivity contribution in [1.82, 2.24) is 14.7 Å². The Bertz CT molecular complexity index is 641. The Hall–Kier alpha value is -1.43. The fraction of sp³-hybridized carbons (Fsp3) is 0.696. The molecule has 4 rings (SSSR count). The second-order valence-electron chi connectivity index (χ2n) is 9.02. The molecule has 3 aliphatic rings. The highest BCUT2D eigenvalue weighted by atomic mass is 16.5. The minimum atomic E-state index is -0.129. The zero-order chi connectivity index (χ0) is 19.4. The number of likely N-dealkylation sites (tertiary alicyclic amines) is 2. The standard InChI is InChI=1S/C23H35N3O2/c1-20(27)26-14-15-28-23(19-26)10-5-11-25(18-23)17-22-8-12-24(13-9-22)16-21-6-3-2-4-7-21/h2-4,6-7,22H,5,8-19H2,1H3. The van der Waals surface area contributed by atoms with Crippen LogP contribution < -0.4 is 0 Å². The number of morpholine rings is 1. The quantitative estimate of drug-likeness (QED) is 0.798. The summed E-state index contributed by atoms with van der Waals surface area (Å²) in [4.78, 5) is 19.0. The van der Waals surface area contributed by atoms with Gasteiger partial charge in [0.25, 0.3) is 0 Å². The van der Waals surface area contributed by atoms with Crippen molar-refractivity contribution in [2.24, 2.45) is 5.92 Å². The van der Waals surface area contributed by atoms with Crippen molar-refractivity contribution in [3.8, 4) is 0 Å². The number of carbonyl (C=O) groups is 1. The Labute approximate surface area is 169 Å². The smallest absolute Gasteiger partial charge is 0.219 e. The molecule has 3 saturated heterocycles. The molecule has 3 aliphatic heterocycles. The van der Waals surface area contributed by atoms with Gasteiger partial charge < -0.3 is 14.5 Å². The highest BCUT2D eigenvalue weighted by molar-refractivity contribution is 5.73. The third kappa shape index (κ3) is 4.94. The molecule has 3 fully saturated rings. The maximum Gasteiger partial charge on any atom is 0.219 e. The first-order chi connectivity index (χ1) is 13.6. The molecule has 0 aliphatic carbocycles. The van der Waals surface area contributed by atoms with Crippen LogP contribution in [-0.4, -0.2) is 78.6 Å². The summed E-state index contributed by atoms with van der Waals surface area (Å²) in [7, 11) is 0. The highest BCUT2D eigenvalue weighted by Crippen LogP contribution is 2.30. The monoisotopic (exact) mass is 385 g/mol. The molecule has 0 N–H and O–H groups in total. The lowest BCUT2D eigenvalue weighted by Gasteiger charge is -2.48. The largest absolute Gasteiger partial charge is 0.370 e. The second kappa shape index (κ2) is 8.93. The molecule has 1 atom stereocenters. The van der Waals surface area contributed by atoms with E-state index in [1.807, 2.05) is 4.90 Å². The molecule has 0 bridgehead atoms. The van der Waals surface area contributed by atoms with E-state index in [9.17, 15) is 4.79 Å². The summed E-state index contributed by atoms with van der Waals surface area (Å²) in [5, 5.41) is 0. The summed E-state index contributed by atoms with van der Waals surface area (Å²) in [6, 6.07) is 10.8. The van der Waals surface area contributed by atoms with Crippen LogP contribution >= 0.6 is 0 Å². The maximum absolute atomic E-state index is 11.8. The van der Waals surface area contributed by atoms with Crippen LogP contribution in [-0.2, 0) is 16.1 Å². The van der Waals surface area contributed by atoms with Crippen LogP contribution in [0.25, 0.3) is 0 Å². The molecule has 1 aromatic rings. The van der Waals surface area contributed by atoms with Crippen molar-refractivity contribution in [3.05, 3.63) is 35.9 Å². The molecule has 28 heavy (non-hydrogen) atoms. The van der Waals surface area contributed by atoms with Crippen LogP contribution in [0, 0.1) is 5.92 Å². The van der Waals surface area contributed by atoms with E-state index in [1.165, 1.54) is 51.0 Å². The van der Waals surface area contributed by atoms with Crippen LogP contribution in [0.1, 0.15) is 38.2 Å². The number of hydrogen-bond donors (Lipinski definition) is 0. The molecule has 0 aromatic heterocycles. The fourth-order valence-corrected chi connectivity index (χ4v) is 5.24. The minimum Gasteiger partial charge on any atom is -0.370 e. The summed E-state index contributed by atoms with van der Waals surface area (Å²) in [5.41, 5.74) is 1.29. The Morgan fingerprint density at radius 2 is 1.86 bits per heavy atom. The van der Waals surface area contributed by atoms with Crippen LogP contribution in [0.15, 0.2) is 30.3 Å². The third-order valence-electron chi connectivity index (χ3n) is 6.78. The Morgan fingerprint density at radius 3 is 2.61 bits per heavy atom. The average Bonchev–Trinajstić information content (AvgIpc) is 2.70. The van der Waals surface area contributed by atoms with E-state index in [4.69, 9.17) is 4.74 Å². The van der Waals surface area contributed by atoms with Gasteiger partial charge >= 0.3 is 0 Å². The zero-order valence-corrected chi connectivity index (χ0v) is 17.3. The lowest BCUT2D eigenvalue weighted by molar-refractivity contribution is -0.160. The number of carbonyl (C=O) groups excluding carboxylic acids is 1. The molecule has 1 spiro atoms. The highest BCUT2D eigenvalue weighted by Gasteiger charge is 2.41. The van der Waals surface area contributed by atoms with Crippen molar-refractivity contribution in [2.45, 2.75) is 44.8 Å². The number of hydrogen-bond acceptors (Lipinski definition) is 4. The molecule has 1 unspecified atom stereocenters. The van der Waals surface area contributed by atoms with Crippen LogP contribution in [0.2, 0.25) is 0 Å². The van der Waals surface area contributed by atoms with Gasteiger partial charge in [-0.15, -0.1) is 0 Å². The van der Waals surface area contributed by atoms with E-state index < -0.39 is 0 Å². The van der Waals surface area contributed by atoms with Crippen molar-refractivity contribution in [3.63, 3.8) is 0 Å². The molecule has 5 nitrogen and oxygen atoms in total. The van der Waals surface area contributed by atoms with Crippen LogP contribution in [0.3, 0.4) is 0 Å². The van der Waals surface area contributed by atoms with E-state index in [-0.39, 0.29) is 11.5 Å². The van der Waals surface area contributed by atoms with Gasteiger partial charge in [0.2, 0.25) is 5.91 Å². The van der Waals surface area contributed by atoms with Crippen LogP contribution in [0.5, 0.6) is 0 Å². The summed E-state index contributed by atoms with van der Waals surface area (Å²) in [5.74, 6) is 0.972. The number of rotatable bonds is 4. The number of nitrogens with zero attached hydrogens (tertiary/aromatic N) is 3. The Kier molecular flexibility index (Phi) is 6.34. The molecule has 1 aromatic carbocycles. The van der Waals surface area contributed by atoms with Gasteiger partial charge in [-0.2, -0.15) is 0 Å². The lowest BCUT2D eigenvalue weighted by Crippen LogP contribution is -2.61. The zero-order valence-electron chi connectivity index (χ0n) is 17.3. The van der Waals surface area contributed by atoms with E-state index in [2.05, 4.69) is 40.1 Å². The Morgan fingerprint density at radius 1 is 1.07 bits per heavy atom. The van der Waals surface area contributed by atoms with E-state index >= 15 is 0 Å². The molecule has 3 heterocycles. The SMILES string of the molecule is CC(=O)N1CCOC2(CCCN(CC3CCN(Cc4ccccc4)CC3)C2)C1. The van der Waals surface area contributed by atoms with Gasteiger partial charge in [0.05, 0.1) is 18.8 Å². The summed E-state index contributed by atoms with van der Waals surface area (Å²) >= 11 is 0. The number of benzene rings is 1. The molecule has 154 valence electrons. The van der Waals surface area contributed by atoms with Gasteiger partial charge in [0.1, 0.15) is 0 Å². The summed E-state index contributed by atoms with van der Waals surface area (Å²) in [6.07, 6.45) is 4.84. The number of ether oxygens (including phenoxy) is 1. The van der Waals surface area contributed by atoms with E-state index in [1.54, 1.807) is 6.92 Å². The maximum atomic E-state index is 11.8. The topological polar surface area (TPSA) is 36.0 Å². The molecule has 5 heteroatoms.